The molecule has 0 aliphatic rings. The van der Waals surface area contributed by atoms with E-state index in [4.69, 9.17) is 14.6 Å². The number of aliphatic hydroxyl groups is 2. The van der Waals surface area contributed by atoms with Gasteiger partial charge in [-0.15, -0.1) is 0 Å². The summed E-state index contributed by atoms with van der Waals surface area (Å²) in [5.41, 5.74) is 0.347. The van der Waals surface area contributed by atoms with E-state index in [0.717, 1.165) is 12.1 Å². The van der Waals surface area contributed by atoms with Crippen molar-refractivity contribution < 1.29 is 37.2 Å². The van der Waals surface area contributed by atoms with E-state index in [9.17, 15) is 22.7 Å². The summed E-state index contributed by atoms with van der Waals surface area (Å²) in [6.45, 7) is 1.11. The molecule has 0 aliphatic carbocycles. The maximum absolute atomic E-state index is 14.8. The van der Waals surface area contributed by atoms with Gasteiger partial charge in [0.05, 0.1) is 24.3 Å². The van der Waals surface area contributed by atoms with Crippen LogP contribution in [0.15, 0.2) is 48.7 Å². The Morgan fingerprint density at radius 3 is 2.53 bits per heavy atom. The molecule has 0 radical (unpaired) electrons. The monoisotopic (exact) mass is 532 g/mol. The number of pyridine rings is 1. The fraction of sp³-hybridized carbons (Fsp3) is 0.269. The summed E-state index contributed by atoms with van der Waals surface area (Å²) in [7, 11) is 1.46. The van der Waals surface area contributed by atoms with Crippen molar-refractivity contribution in [2.45, 2.75) is 25.8 Å². The zero-order chi connectivity index (χ0) is 27.4. The van der Waals surface area contributed by atoms with E-state index in [1.165, 1.54) is 25.4 Å². The molecule has 0 saturated carbocycles. The van der Waals surface area contributed by atoms with Crippen LogP contribution in [-0.4, -0.2) is 45.5 Å². The Morgan fingerprint density at radius 2 is 1.87 bits per heavy atom. The number of anilines is 2. The van der Waals surface area contributed by atoms with Gasteiger partial charge in [-0.05, 0) is 37.3 Å². The second kappa shape index (κ2) is 11.3. The highest BCUT2D eigenvalue weighted by Gasteiger charge is 2.34. The third kappa shape index (κ3) is 5.82. The molecule has 2 aromatic carbocycles. The van der Waals surface area contributed by atoms with Gasteiger partial charge in [-0.2, -0.15) is 13.2 Å². The molecule has 200 valence electrons. The fourth-order valence-electron chi connectivity index (χ4n) is 3.81. The number of nitrogens with zero attached hydrogens (tertiary/aromatic N) is 3. The first kappa shape index (κ1) is 27.2. The highest BCUT2D eigenvalue weighted by atomic mass is 19.4. The van der Waals surface area contributed by atoms with Gasteiger partial charge in [0.1, 0.15) is 35.8 Å². The largest absolute Gasteiger partial charge is 0.493 e. The van der Waals surface area contributed by atoms with Crippen LogP contribution in [0.3, 0.4) is 0 Å². The van der Waals surface area contributed by atoms with Crippen molar-refractivity contribution in [2.75, 3.05) is 25.6 Å². The minimum atomic E-state index is -4.58. The second-order valence-corrected chi connectivity index (χ2v) is 8.22. The molecule has 0 saturated heterocycles. The number of ether oxygens (including phenoxy) is 2. The van der Waals surface area contributed by atoms with Crippen LogP contribution in [0.5, 0.6) is 5.75 Å². The van der Waals surface area contributed by atoms with Crippen molar-refractivity contribution >= 4 is 22.4 Å². The first-order valence-corrected chi connectivity index (χ1v) is 11.5. The van der Waals surface area contributed by atoms with Crippen LogP contribution in [0.4, 0.5) is 29.1 Å². The van der Waals surface area contributed by atoms with Gasteiger partial charge in [0, 0.05) is 41.6 Å². The van der Waals surface area contributed by atoms with Gasteiger partial charge < -0.3 is 25.0 Å². The van der Waals surface area contributed by atoms with Crippen LogP contribution in [0.25, 0.3) is 22.2 Å². The fourth-order valence-corrected chi connectivity index (χ4v) is 3.81. The summed E-state index contributed by atoms with van der Waals surface area (Å²) in [5, 5.41) is 22.4. The first-order chi connectivity index (χ1) is 18.1. The minimum Gasteiger partial charge on any atom is -0.493 e. The number of halogens is 4. The summed E-state index contributed by atoms with van der Waals surface area (Å²) in [6, 6.07) is 9.35. The number of fused-ring (bicyclic) bond motifs is 1. The molecule has 0 amide bonds. The highest BCUT2D eigenvalue weighted by Crippen LogP contribution is 2.38. The van der Waals surface area contributed by atoms with Crippen molar-refractivity contribution in [1.82, 2.24) is 15.0 Å². The topological polar surface area (TPSA) is 110 Å². The quantitative estimate of drug-likeness (QED) is 0.254. The molecule has 4 rings (SSSR count). The Bertz CT molecular complexity index is 1450. The van der Waals surface area contributed by atoms with Crippen LogP contribution in [0.1, 0.15) is 30.0 Å². The summed E-state index contributed by atoms with van der Waals surface area (Å²) in [6.07, 6.45) is -4.56. The molecule has 38 heavy (non-hydrogen) atoms. The summed E-state index contributed by atoms with van der Waals surface area (Å²) < 4.78 is 65.3. The SMILES string of the molecule is CCOc1cc(Nc2nc(COC)nc3cc(-c4ncc([C@@H](O)CO)cc4F)ccc23)ccc1C(F)(F)F. The molecule has 0 unspecified atom stereocenters. The van der Waals surface area contributed by atoms with Crippen molar-refractivity contribution in [1.29, 1.82) is 0 Å². The van der Waals surface area contributed by atoms with Gasteiger partial charge in [-0.25, -0.2) is 14.4 Å². The molecule has 1 atom stereocenters. The Kier molecular flexibility index (Phi) is 8.05. The number of nitrogens with one attached hydrogen (secondary N) is 1. The van der Waals surface area contributed by atoms with Crippen LogP contribution < -0.4 is 10.1 Å². The smallest absolute Gasteiger partial charge is 0.419 e. The first-order valence-electron chi connectivity index (χ1n) is 11.5. The zero-order valence-corrected chi connectivity index (χ0v) is 20.4. The minimum absolute atomic E-state index is 0.00583. The van der Waals surface area contributed by atoms with Gasteiger partial charge in [0.25, 0.3) is 0 Å². The number of methoxy groups -OCH3 is 1. The van der Waals surface area contributed by atoms with Crippen LogP contribution >= 0.6 is 0 Å². The predicted octanol–water partition coefficient (Wildman–Crippen LogP) is 5.16. The van der Waals surface area contributed by atoms with E-state index in [-0.39, 0.29) is 36.0 Å². The lowest BCUT2D eigenvalue weighted by atomic mass is 10.1. The standard InChI is InChI=1S/C26H24F4N4O4/c1-3-38-22-10-16(5-7-18(22)26(28,29)30)32-25-17-6-4-14(9-20(17)33-23(34-25)13-37-2)24-19(27)8-15(11-31-24)21(36)12-35/h4-11,21,35-36H,3,12-13H2,1-2H3,(H,32,33,34)/t21-/m0/s1. The van der Waals surface area contributed by atoms with E-state index in [0.29, 0.717) is 28.0 Å². The summed E-state index contributed by atoms with van der Waals surface area (Å²) >= 11 is 0. The van der Waals surface area contributed by atoms with Crippen molar-refractivity contribution in [3.63, 3.8) is 0 Å². The average Bonchev–Trinajstić information content (AvgIpc) is 2.87. The van der Waals surface area contributed by atoms with E-state index in [1.54, 1.807) is 25.1 Å². The maximum Gasteiger partial charge on any atom is 0.419 e. The van der Waals surface area contributed by atoms with Crippen molar-refractivity contribution in [3.8, 4) is 17.0 Å². The number of aliphatic hydroxyl groups excluding tert-OH is 2. The Labute approximate surface area is 214 Å². The molecule has 0 bridgehead atoms. The van der Waals surface area contributed by atoms with Gasteiger partial charge in [0.15, 0.2) is 5.82 Å². The van der Waals surface area contributed by atoms with E-state index in [2.05, 4.69) is 20.3 Å². The van der Waals surface area contributed by atoms with Crippen molar-refractivity contribution in [2.24, 2.45) is 0 Å². The lowest BCUT2D eigenvalue weighted by molar-refractivity contribution is -0.138. The van der Waals surface area contributed by atoms with Gasteiger partial charge in [-0.3, -0.25) is 4.98 Å². The second-order valence-electron chi connectivity index (χ2n) is 8.22. The number of benzene rings is 2. The van der Waals surface area contributed by atoms with Crippen LogP contribution in [-0.2, 0) is 17.5 Å². The molecule has 0 aliphatic heterocycles. The molecule has 3 N–H and O–H groups in total. The molecule has 0 fully saturated rings. The lowest BCUT2D eigenvalue weighted by Gasteiger charge is -2.16. The molecule has 8 nitrogen and oxygen atoms in total. The molecule has 0 spiro atoms. The third-order valence-electron chi connectivity index (χ3n) is 5.56. The molecular weight excluding hydrogens is 508 g/mol. The van der Waals surface area contributed by atoms with Crippen LogP contribution in [0, 0.1) is 5.82 Å². The predicted molar refractivity (Wildman–Crippen MR) is 131 cm³/mol. The molecule has 4 aromatic rings. The summed E-state index contributed by atoms with van der Waals surface area (Å²) in [4.78, 5) is 13.0. The number of hydrogen-bond donors (Lipinski definition) is 3. The maximum atomic E-state index is 14.8. The zero-order valence-electron chi connectivity index (χ0n) is 20.4. The number of rotatable bonds is 9. The molecule has 2 aromatic heterocycles. The number of hydrogen-bond acceptors (Lipinski definition) is 8. The average molecular weight is 532 g/mol. The molecular formula is C26H24F4N4O4. The van der Waals surface area contributed by atoms with Gasteiger partial charge in [-0.1, -0.05) is 6.07 Å². The third-order valence-corrected chi connectivity index (χ3v) is 5.56. The van der Waals surface area contributed by atoms with Crippen LogP contribution in [0.2, 0.25) is 0 Å². The molecule has 2 heterocycles. The lowest BCUT2D eigenvalue weighted by Crippen LogP contribution is -2.09. The Morgan fingerprint density at radius 1 is 1.08 bits per heavy atom. The highest BCUT2D eigenvalue weighted by molar-refractivity contribution is 5.93. The number of aromatic nitrogens is 3. The number of alkyl halides is 3. The van der Waals surface area contributed by atoms with E-state index in [1.807, 2.05) is 0 Å². The van der Waals surface area contributed by atoms with E-state index < -0.39 is 30.3 Å². The van der Waals surface area contributed by atoms with Gasteiger partial charge in [0.2, 0.25) is 0 Å². The normalized spacial score (nSPS) is 12.5. The molecule has 12 heteroatoms. The van der Waals surface area contributed by atoms with E-state index >= 15 is 0 Å². The summed E-state index contributed by atoms with van der Waals surface area (Å²) in [5.74, 6) is -0.441. The Balaban J connectivity index is 1.76. The Hall–Kier alpha value is -3.87. The van der Waals surface area contributed by atoms with Gasteiger partial charge >= 0.3 is 6.18 Å². The van der Waals surface area contributed by atoms with Crippen molar-refractivity contribution in [3.05, 3.63) is 71.4 Å².